The quantitative estimate of drug-likeness (QED) is 0.315. The second kappa shape index (κ2) is 9.04. The summed E-state index contributed by atoms with van der Waals surface area (Å²) in [5, 5.41) is 43.5. The molecule has 0 heterocycles. The van der Waals surface area contributed by atoms with Crippen LogP contribution in [0.25, 0.3) is 0 Å². The largest absolute Gasteiger partial charge is 0.394 e. The first-order valence-corrected chi connectivity index (χ1v) is 3.33. The van der Waals surface area contributed by atoms with Crippen molar-refractivity contribution in [2.45, 2.75) is 31.8 Å². The minimum absolute atomic E-state index is 0. The molecule has 0 amide bonds. The minimum Gasteiger partial charge on any atom is -0.394 e. The molecule has 6 nitrogen and oxygen atoms in total. The van der Waals surface area contributed by atoms with Crippen LogP contribution in [0, 0.1) is 7.43 Å². The van der Waals surface area contributed by atoms with Crippen LogP contribution in [-0.4, -0.2) is 62.8 Å². The standard InChI is InChI=1S/C6H12O6.CH4.C/c7-1-3(9)5(11)6(12)4(10)2-8;;/h1,3-6,8-12H,2H2;1H4;/t3-,4+,5+,6+;;/m0../s1. The van der Waals surface area contributed by atoms with E-state index in [-0.39, 0.29) is 21.1 Å². The fraction of sp³-hybridized carbons (Fsp3) is 0.750. The summed E-state index contributed by atoms with van der Waals surface area (Å²) in [5.74, 6) is 0. The second-order valence-corrected chi connectivity index (χ2v) is 2.36. The average molecular weight is 208 g/mol. The Morgan fingerprint density at radius 2 is 1.50 bits per heavy atom. The van der Waals surface area contributed by atoms with Gasteiger partial charge in [0.1, 0.15) is 24.4 Å². The van der Waals surface area contributed by atoms with Crippen LogP contribution in [0.15, 0.2) is 0 Å². The number of aliphatic hydroxyl groups excluding tert-OH is 5. The van der Waals surface area contributed by atoms with Gasteiger partial charge in [0, 0.05) is 7.43 Å². The molecule has 0 aliphatic carbocycles. The fourth-order valence-corrected chi connectivity index (χ4v) is 0.618. The number of aldehydes is 1. The molecule has 0 saturated carbocycles. The normalized spacial score (nSPS) is 18.1. The molecule has 6 heteroatoms. The van der Waals surface area contributed by atoms with Gasteiger partial charge in [0.05, 0.1) is 6.61 Å². The summed E-state index contributed by atoms with van der Waals surface area (Å²) in [6.45, 7) is -0.760. The molecule has 0 aromatic rings. The first-order valence-electron chi connectivity index (χ1n) is 3.33. The van der Waals surface area contributed by atoms with Crippen molar-refractivity contribution in [3.63, 3.8) is 0 Å². The van der Waals surface area contributed by atoms with Crippen molar-refractivity contribution < 1.29 is 30.3 Å². The minimum atomic E-state index is -1.79. The number of hydrogen-bond donors (Lipinski definition) is 5. The zero-order chi connectivity index (χ0) is 9.72. The summed E-state index contributed by atoms with van der Waals surface area (Å²) >= 11 is 0. The summed E-state index contributed by atoms with van der Waals surface area (Å²) in [6.07, 6.45) is -6.84. The van der Waals surface area contributed by atoms with E-state index in [9.17, 15) is 4.79 Å². The van der Waals surface area contributed by atoms with Crippen LogP contribution < -0.4 is 0 Å². The Labute approximate surface area is 83.4 Å². The van der Waals surface area contributed by atoms with Crippen molar-refractivity contribution in [2.75, 3.05) is 6.61 Å². The van der Waals surface area contributed by atoms with E-state index in [4.69, 9.17) is 25.5 Å². The number of aliphatic hydroxyl groups is 5. The lowest BCUT2D eigenvalue weighted by Gasteiger charge is -2.22. The van der Waals surface area contributed by atoms with Gasteiger partial charge in [-0.05, 0) is 0 Å². The SMILES string of the molecule is C.O=C[C@H](O)[C@@H](O)[C@H](O)[C@H](O)CO.[C]. The third kappa shape index (κ3) is 5.25. The molecule has 0 rings (SSSR count). The predicted molar refractivity (Wildman–Crippen MR) is 47.2 cm³/mol. The number of carbonyl (C=O) groups is 1. The average Bonchev–Trinajstić information content (AvgIpc) is 2.12. The second-order valence-electron chi connectivity index (χ2n) is 2.36. The van der Waals surface area contributed by atoms with E-state index in [1.54, 1.807) is 0 Å². The lowest BCUT2D eigenvalue weighted by Crippen LogP contribution is -2.46. The van der Waals surface area contributed by atoms with Crippen LogP contribution in [0.1, 0.15) is 7.43 Å². The Morgan fingerprint density at radius 3 is 1.79 bits per heavy atom. The monoisotopic (exact) mass is 208 g/mol. The van der Waals surface area contributed by atoms with Gasteiger partial charge in [-0.25, -0.2) is 0 Å². The molecule has 84 valence electrons. The van der Waals surface area contributed by atoms with E-state index in [0.29, 0.717) is 0 Å². The lowest BCUT2D eigenvalue weighted by atomic mass is 10.0. The Morgan fingerprint density at radius 1 is 1.07 bits per heavy atom. The van der Waals surface area contributed by atoms with Gasteiger partial charge in [-0.1, -0.05) is 7.43 Å². The van der Waals surface area contributed by atoms with Gasteiger partial charge in [0.2, 0.25) is 0 Å². The summed E-state index contributed by atoms with van der Waals surface area (Å²) < 4.78 is 0. The number of rotatable bonds is 5. The van der Waals surface area contributed by atoms with Gasteiger partial charge >= 0.3 is 0 Å². The maximum absolute atomic E-state index is 9.90. The van der Waals surface area contributed by atoms with Gasteiger partial charge < -0.3 is 30.3 Å². The maximum atomic E-state index is 9.90. The molecule has 0 unspecified atom stereocenters. The van der Waals surface area contributed by atoms with E-state index in [1.165, 1.54) is 0 Å². The summed E-state index contributed by atoms with van der Waals surface area (Å²) in [7, 11) is 0. The maximum Gasteiger partial charge on any atom is 0.151 e. The Kier molecular flexibility index (Phi) is 12.3. The predicted octanol–water partition coefficient (Wildman–Crippen LogP) is -2.66. The van der Waals surface area contributed by atoms with Crippen LogP contribution in [0.5, 0.6) is 0 Å². The third-order valence-electron chi connectivity index (χ3n) is 1.42. The number of carbonyl (C=O) groups excluding carboxylic acids is 1. The molecule has 0 aromatic carbocycles. The highest BCUT2D eigenvalue weighted by Crippen LogP contribution is 2.02. The molecule has 0 bridgehead atoms. The Hall–Kier alpha value is -0.530. The molecule has 4 atom stereocenters. The molecular weight excluding hydrogens is 192 g/mol. The summed E-state index contributed by atoms with van der Waals surface area (Å²) in [6, 6.07) is 0. The van der Waals surface area contributed by atoms with E-state index in [1.807, 2.05) is 0 Å². The van der Waals surface area contributed by atoms with Gasteiger partial charge in [-0.15, -0.1) is 0 Å². The van der Waals surface area contributed by atoms with Crippen LogP contribution in [0.4, 0.5) is 0 Å². The molecule has 0 fully saturated rings. The Bertz CT molecular complexity index is 140. The highest BCUT2D eigenvalue weighted by Gasteiger charge is 2.29. The fourth-order valence-electron chi connectivity index (χ4n) is 0.618. The topological polar surface area (TPSA) is 118 Å². The molecular formula is C8H16O6. The smallest absolute Gasteiger partial charge is 0.151 e. The first kappa shape index (κ1) is 19.1. The van der Waals surface area contributed by atoms with E-state index in [0.717, 1.165) is 0 Å². The van der Waals surface area contributed by atoms with Gasteiger partial charge in [0.25, 0.3) is 0 Å². The van der Waals surface area contributed by atoms with Gasteiger partial charge in [-0.3, -0.25) is 0 Å². The Balaban J connectivity index is -0.000000605. The first-order chi connectivity index (χ1) is 5.54. The third-order valence-corrected chi connectivity index (χ3v) is 1.42. The van der Waals surface area contributed by atoms with Crippen LogP contribution >= 0.6 is 0 Å². The van der Waals surface area contributed by atoms with Crippen LogP contribution in [0.3, 0.4) is 0 Å². The molecule has 0 spiro atoms. The van der Waals surface area contributed by atoms with Crippen LogP contribution in [-0.2, 0) is 4.79 Å². The molecule has 5 N–H and O–H groups in total. The van der Waals surface area contributed by atoms with E-state index in [2.05, 4.69) is 0 Å². The molecule has 0 aliphatic heterocycles. The van der Waals surface area contributed by atoms with Crippen LogP contribution in [0.2, 0.25) is 0 Å². The molecule has 0 aliphatic rings. The van der Waals surface area contributed by atoms with Crippen molar-refractivity contribution in [1.82, 2.24) is 0 Å². The van der Waals surface area contributed by atoms with Crippen molar-refractivity contribution in [3.05, 3.63) is 7.43 Å². The van der Waals surface area contributed by atoms with Crippen molar-refractivity contribution in [2.24, 2.45) is 0 Å². The van der Waals surface area contributed by atoms with Gasteiger partial charge in [-0.2, -0.15) is 0 Å². The highest BCUT2D eigenvalue weighted by atomic mass is 16.4. The molecule has 14 heavy (non-hydrogen) atoms. The summed E-state index contributed by atoms with van der Waals surface area (Å²) in [4.78, 5) is 9.90. The summed E-state index contributed by atoms with van der Waals surface area (Å²) in [5.41, 5.74) is 0. The molecule has 0 aromatic heterocycles. The number of hydrogen-bond acceptors (Lipinski definition) is 6. The zero-order valence-corrected chi connectivity index (χ0v) is 6.74. The molecule has 0 saturated heterocycles. The molecule has 4 radical (unpaired) electrons. The lowest BCUT2D eigenvalue weighted by molar-refractivity contribution is -0.136. The van der Waals surface area contributed by atoms with E-state index >= 15 is 0 Å². The zero-order valence-electron chi connectivity index (χ0n) is 6.74. The van der Waals surface area contributed by atoms with Gasteiger partial charge in [0.15, 0.2) is 6.29 Å². The van der Waals surface area contributed by atoms with E-state index < -0.39 is 31.0 Å². The van der Waals surface area contributed by atoms with Crippen molar-refractivity contribution in [3.8, 4) is 0 Å². The van der Waals surface area contributed by atoms with Crippen molar-refractivity contribution >= 4 is 6.29 Å². The van der Waals surface area contributed by atoms with Crippen molar-refractivity contribution in [1.29, 1.82) is 0 Å². The highest BCUT2D eigenvalue weighted by molar-refractivity contribution is 5.56.